The van der Waals surface area contributed by atoms with E-state index in [0.29, 0.717) is 66.4 Å². The number of halogens is 1. The fourth-order valence-corrected chi connectivity index (χ4v) is 5.71. The largest absolute Gasteiger partial charge is 0.493 e. The van der Waals surface area contributed by atoms with Crippen molar-refractivity contribution in [1.29, 1.82) is 0 Å². The number of methoxy groups -OCH3 is 2. The smallest absolute Gasteiger partial charge is 0.338 e. The summed E-state index contributed by atoms with van der Waals surface area (Å²) >= 11 is 0. The molecular weight excluding hydrogens is 593 g/mol. The van der Waals surface area contributed by atoms with E-state index < -0.39 is 17.1 Å². The third-order valence-electron chi connectivity index (χ3n) is 7.75. The van der Waals surface area contributed by atoms with Crippen molar-refractivity contribution < 1.29 is 37.7 Å². The second-order valence-electron chi connectivity index (χ2n) is 10.9. The Balaban J connectivity index is 1.50. The molecule has 2 aromatic rings. The van der Waals surface area contributed by atoms with Crippen LogP contribution in [0.1, 0.15) is 58.4 Å². The van der Waals surface area contributed by atoms with Crippen molar-refractivity contribution in [3.05, 3.63) is 53.1 Å². The Morgan fingerprint density at radius 3 is 2.23 bits per heavy atom. The van der Waals surface area contributed by atoms with Crippen molar-refractivity contribution >= 4 is 30.4 Å². The van der Waals surface area contributed by atoms with Crippen molar-refractivity contribution in [3.63, 3.8) is 0 Å². The lowest BCUT2D eigenvalue weighted by molar-refractivity contribution is 0.0221. The number of carbonyl (C=O) groups is 2. The van der Waals surface area contributed by atoms with Gasteiger partial charge in [0.1, 0.15) is 6.10 Å². The zero-order valence-corrected chi connectivity index (χ0v) is 27.3. The average Bonchev–Trinajstić information content (AvgIpc) is 3.23. The number of ether oxygens (including phenoxy) is 5. The first-order chi connectivity index (χ1) is 20.7. The first-order valence-corrected chi connectivity index (χ1v) is 15.9. The summed E-state index contributed by atoms with van der Waals surface area (Å²) in [5.41, 5.74) is 1.13. The van der Waals surface area contributed by atoms with Crippen LogP contribution in [-0.4, -0.2) is 94.5 Å². The number of nitrogens with zero attached hydrogens (tertiary/aromatic N) is 2. The lowest BCUT2D eigenvalue weighted by atomic mass is 10.1. The summed E-state index contributed by atoms with van der Waals surface area (Å²) in [4.78, 5) is 30.8. The van der Waals surface area contributed by atoms with Gasteiger partial charge in [0.05, 0.1) is 38.6 Å². The molecule has 0 spiro atoms. The maximum atomic E-state index is 14.2. The molecule has 0 saturated carbocycles. The molecule has 5 atom stereocenters. The first-order valence-electron chi connectivity index (χ1n) is 14.8. The van der Waals surface area contributed by atoms with Crippen LogP contribution in [0.2, 0.25) is 0 Å². The van der Waals surface area contributed by atoms with E-state index in [1.54, 1.807) is 36.4 Å². The van der Waals surface area contributed by atoms with E-state index in [0.717, 1.165) is 52.1 Å². The Morgan fingerprint density at radius 2 is 1.56 bits per heavy atom. The number of cyclic esters (lactones) is 1. The standard InChI is InChI=1S/C31H43FN2O7P2/c1-37-26-20-23-21-27(28(26)38-2)39-18-3-6-25(41-30(36)22-7-9-24(10-8-22)31(32,42)43)11-15-34-13-4-12-33(16-17-34)14-5-19-40-29(23)35/h7-10,20-21,25H,3-6,11-19,42-43H2,1-2H3. The minimum atomic E-state index is -1.65. The van der Waals surface area contributed by atoms with Gasteiger partial charge >= 0.3 is 11.9 Å². The summed E-state index contributed by atoms with van der Waals surface area (Å²) in [6.45, 7) is 6.09. The van der Waals surface area contributed by atoms with Crippen molar-refractivity contribution in [1.82, 2.24) is 9.80 Å². The lowest BCUT2D eigenvalue weighted by Gasteiger charge is -2.24. The summed E-state index contributed by atoms with van der Waals surface area (Å²) in [5.74, 6) is 0.250. The van der Waals surface area contributed by atoms with Crippen molar-refractivity contribution in [2.24, 2.45) is 0 Å². The number of hydrogen-bond donors (Lipinski definition) is 0. The molecule has 236 valence electrons. The van der Waals surface area contributed by atoms with Gasteiger partial charge in [-0.3, -0.25) is 0 Å². The Hall–Kier alpha value is -2.51. The molecule has 0 amide bonds. The number of carbonyl (C=O) groups excluding carboxylic acids is 2. The molecule has 2 heterocycles. The molecule has 2 aromatic carbocycles. The molecule has 1 saturated heterocycles. The van der Waals surface area contributed by atoms with Gasteiger partial charge < -0.3 is 33.5 Å². The predicted molar refractivity (Wildman–Crippen MR) is 169 cm³/mol. The quantitative estimate of drug-likeness (QED) is 0.337. The Labute approximate surface area is 258 Å². The maximum absolute atomic E-state index is 14.2. The second kappa shape index (κ2) is 16.0. The number of alkyl halides is 1. The second-order valence-corrected chi connectivity index (χ2v) is 13.2. The van der Waals surface area contributed by atoms with Gasteiger partial charge in [-0.1, -0.05) is 30.6 Å². The highest BCUT2D eigenvalue weighted by atomic mass is 31.1. The van der Waals surface area contributed by atoms with E-state index in [1.807, 2.05) is 0 Å². The number of rotatable bonds is 5. The van der Waals surface area contributed by atoms with Gasteiger partial charge in [-0.15, -0.1) is 0 Å². The van der Waals surface area contributed by atoms with Gasteiger partial charge in [0.25, 0.3) is 0 Å². The summed E-state index contributed by atoms with van der Waals surface area (Å²) in [5, 5.41) is -1.65. The van der Waals surface area contributed by atoms with Crippen molar-refractivity contribution in [2.45, 2.75) is 43.4 Å². The third-order valence-corrected chi connectivity index (χ3v) is 8.41. The van der Waals surface area contributed by atoms with Gasteiger partial charge in [-0.05, 0) is 75.0 Å². The molecule has 43 heavy (non-hydrogen) atoms. The van der Waals surface area contributed by atoms with Crippen LogP contribution in [0, 0.1) is 0 Å². The Morgan fingerprint density at radius 1 is 0.884 bits per heavy atom. The zero-order valence-electron chi connectivity index (χ0n) is 25.0. The third kappa shape index (κ3) is 9.74. The topological polar surface area (TPSA) is 86.8 Å². The van der Waals surface area contributed by atoms with Crippen LogP contribution < -0.4 is 14.2 Å². The molecule has 0 aromatic heterocycles. The van der Waals surface area contributed by atoms with Crippen LogP contribution in [0.3, 0.4) is 0 Å². The van der Waals surface area contributed by atoms with Gasteiger partial charge in [0.2, 0.25) is 5.75 Å². The summed E-state index contributed by atoms with van der Waals surface area (Å²) in [6.07, 6.45) is 3.30. The fourth-order valence-electron chi connectivity index (χ4n) is 5.33. The molecule has 12 heteroatoms. The molecule has 2 aliphatic rings. The minimum Gasteiger partial charge on any atom is -0.493 e. The molecule has 4 bridgehead atoms. The summed E-state index contributed by atoms with van der Waals surface area (Å²) in [6, 6.07) is 9.56. The number of hydrogen-bond acceptors (Lipinski definition) is 9. The molecule has 2 aliphatic heterocycles. The van der Waals surface area contributed by atoms with E-state index >= 15 is 0 Å². The molecule has 0 radical (unpaired) electrons. The monoisotopic (exact) mass is 636 g/mol. The van der Waals surface area contributed by atoms with Crippen LogP contribution in [0.4, 0.5) is 4.39 Å². The van der Waals surface area contributed by atoms with Gasteiger partial charge in [-0.25, -0.2) is 14.0 Å². The van der Waals surface area contributed by atoms with Gasteiger partial charge in [0.15, 0.2) is 16.6 Å². The normalized spacial score (nSPS) is 22.5. The number of esters is 2. The first kappa shape index (κ1) is 33.4. The van der Waals surface area contributed by atoms with Crippen LogP contribution in [-0.2, 0) is 14.6 Å². The maximum Gasteiger partial charge on any atom is 0.338 e. The van der Waals surface area contributed by atoms with E-state index in [9.17, 15) is 14.0 Å². The average molecular weight is 637 g/mol. The highest BCUT2D eigenvalue weighted by Crippen LogP contribution is 2.40. The van der Waals surface area contributed by atoms with Crippen LogP contribution >= 0.6 is 18.5 Å². The Kier molecular flexibility index (Phi) is 12.4. The predicted octanol–water partition coefficient (Wildman–Crippen LogP) is 4.88. The van der Waals surface area contributed by atoms with E-state index in [4.69, 9.17) is 23.7 Å². The molecule has 5 unspecified atom stereocenters. The van der Waals surface area contributed by atoms with Crippen molar-refractivity contribution in [3.8, 4) is 17.2 Å². The summed E-state index contributed by atoms with van der Waals surface area (Å²) in [7, 11) is 7.27. The fraction of sp³-hybridized carbons (Fsp3) is 0.548. The molecule has 0 aliphatic carbocycles. The SMILES string of the molecule is COc1cc2cc(c1OC)OCCCC(OC(=O)c1ccc(C(F)(P)P)cc1)CCN1CCCN(CCCOC2=O)CC1. The highest BCUT2D eigenvalue weighted by molar-refractivity contribution is 7.38. The summed E-state index contributed by atoms with van der Waals surface area (Å²) < 4.78 is 42.8. The van der Waals surface area contributed by atoms with Crippen LogP contribution in [0.15, 0.2) is 36.4 Å². The lowest BCUT2D eigenvalue weighted by Crippen LogP contribution is -2.34. The molecule has 9 nitrogen and oxygen atoms in total. The molecular formula is C31H43FN2O7P2. The van der Waals surface area contributed by atoms with Gasteiger partial charge in [0, 0.05) is 26.2 Å². The molecule has 0 N–H and O–H groups in total. The highest BCUT2D eigenvalue weighted by Gasteiger charge is 2.23. The van der Waals surface area contributed by atoms with Crippen LogP contribution in [0.25, 0.3) is 0 Å². The van der Waals surface area contributed by atoms with E-state index in [2.05, 4.69) is 28.3 Å². The number of benzene rings is 2. The van der Waals surface area contributed by atoms with E-state index in [1.165, 1.54) is 14.2 Å². The van der Waals surface area contributed by atoms with Gasteiger partial charge in [-0.2, -0.15) is 0 Å². The van der Waals surface area contributed by atoms with Crippen LogP contribution in [0.5, 0.6) is 17.2 Å². The minimum absolute atomic E-state index is 0.306. The molecule has 4 rings (SSSR count). The molecule has 1 fully saturated rings. The van der Waals surface area contributed by atoms with E-state index in [-0.39, 0.29) is 6.10 Å². The Bertz CT molecular complexity index is 1230. The number of fused-ring (bicyclic) bond motifs is 5. The zero-order chi connectivity index (χ0) is 30.8. The van der Waals surface area contributed by atoms with Crippen molar-refractivity contribution in [2.75, 3.05) is 66.7 Å².